The Bertz CT molecular complexity index is 504. The van der Waals surface area contributed by atoms with Crippen molar-refractivity contribution >= 4 is 33.4 Å². The second-order valence-corrected chi connectivity index (χ2v) is 3.86. The van der Waals surface area contributed by atoms with Crippen LogP contribution in [0.3, 0.4) is 0 Å². The minimum Gasteiger partial charge on any atom is -0.496 e. The maximum atomic E-state index is 11.5. The number of hydrogen-bond acceptors (Lipinski definition) is 4. The summed E-state index contributed by atoms with van der Waals surface area (Å²) in [7, 11) is 1.50. The van der Waals surface area contributed by atoms with Gasteiger partial charge in [-0.2, -0.15) is 0 Å². The van der Waals surface area contributed by atoms with Crippen LogP contribution in [0.2, 0.25) is 0 Å². The van der Waals surface area contributed by atoms with E-state index in [0.29, 0.717) is 11.3 Å². The summed E-state index contributed by atoms with van der Waals surface area (Å²) in [4.78, 5) is 22.7. The molecule has 0 aromatic heterocycles. The molecule has 0 unspecified atom stereocenters. The SMILES string of the molecule is COc1ccccc1C1=C(Br)C(=O)OC1=O. The molecule has 0 saturated heterocycles. The topological polar surface area (TPSA) is 52.6 Å². The summed E-state index contributed by atoms with van der Waals surface area (Å²) >= 11 is 3.04. The minimum absolute atomic E-state index is 0.127. The Morgan fingerprint density at radius 2 is 1.88 bits per heavy atom. The molecule has 0 N–H and O–H groups in total. The highest BCUT2D eigenvalue weighted by Crippen LogP contribution is 2.35. The lowest BCUT2D eigenvalue weighted by Crippen LogP contribution is -2.02. The number of halogens is 1. The van der Waals surface area contributed by atoms with Gasteiger partial charge in [0.15, 0.2) is 0 Å². The van der Waals surface area contributed by atoms with E-state index in [1.807, 2.05) is 0 Å². The van der Waals surface area contributed by atoms with Gasteiger partial charge in [0, 0.05) is 5.56 Å². The molecule has 0 saturated carbocycles. The fourth-order valence-electron chi connectivity index (χ4n) is 1.45. The highest BCUT2D eigenvalue weighted by atomic mass is 79.9. The highest BCUT2D eigenvalue weighted by molar-refractivity contribution is 9.12. The summed E-state index contributed by atoms with van der Waals surface area (Å²) in [6.07, 6.45) is 0. The van der Waals surface area contributed by atoms with Crippen LogP contribution >= 0.6 is 15.9 Å². The Labute approximate surface area is 100.0 Å². The van der Waals surface area contributed by atoms with Gasteiger partial charge >= 0.3 is 11.9 Å². The van der Waals surface area contributed by atoms with Crippen LogP contribution in [0.5, 0.6) is 5.75 Å². The third-order valence-corrected chi connectivity index (χ3v) is 2.88. The minimum atomic E-state index is -0.675. The molecule has 16 heavy (non-hydrogen) atoms. The van der Waals surface area contributed by atoms with Crippen molar-refractivity contribution in [3.8, 4) is 5.75 Å². The van der Waals surface area contributed by atoms with Gasteiger partial charge in [-0.3, -0.25) is 0 Å². The molecule has 4 nitrogen and oxygen atoms in total. The van der Waals surface area contributed by atoms with Gasteiger partial charge in [-0.15, -0.1) is 0 Å². The number of cyclic esters (lactones) is 2. The molecule has 0 bridgehead atoms. The van der Waals surface area contributed by atoms with E-state index in [-0.39, 0.29) is 10.1 Å². The van der Waals surface area contributed by atoms with Crippen molar-refractivity contribution in [2.75, 3.05) is 7.11 Å². The van der Waals surface area contributed by atoms with Crippen LogP contribution in [0.25, 0.3) is 5.57 Å². The molecule has 1 aliphatic rings. The maximum Gasteiger partial charge on any atom is 0.354 e. The van der Waals surface area contributed by atoms with Gasteiger partial charge in [-0.25, -0.2) is 9.59 Å². The molecule has 1 aromatic carbocycles. The Hall–Kier alpha value is -1.62. The standard InChI is InChI=1S/C11H7BrO4/c1-15-7-5-3-2-4-6(7)8-9(12)11(14)16-10(8)13/h2-5H,1H3. The maximum absolute atomic E-state index is 11.5. The first-order chi connectivity index (χ1) is 7.65. The molecule has 5 heteroatoms. The zero-order valence-corrected chi connectivity index (χ0v) is 9.91. The molecular formula is C11H7BrO4. The molecule has 82 valence electrons. The van der Waals surface area contributed by atoms with Crippen molar-refractivity contribution in [3.63, 3.8) is 0 Å². The van der Waals surface area contributed by atoms with E-state index in [2.05, 4.69) is 20.7 Å². The molecule has 1 heterocycles. The van der Waals surface area contributed by atoms with Gasteiger partial charge in [-0.1, -0.05) is 18.2 Å². The van der Waals surface area contributed by atoms with Gasteiger partial charge in [-0.05, 0) is 22.0 Å². The molecule has 1 aromatic rings. The molecule has 0 fully saturated rings. The first-order valence-electron chi connectivity index (χ1n) is 4.45. The Balaban J connectivity index is 2.60. The molecule has 1 aliphatic heterocycles. The van der Waals surface area contributed by atoms with Crippen LogP contribution in [0.4, 0.5) is 0 Å². The summed E-state index contributed by atoms with van der Waals surface area (Å²) in [5.74, 6) is -0.826. The molecule has 0 amide bonds. The van der Waals surface area contributed by atoms with Gasteiger partial charge in [0.2, 0.25) is 0 Å². The lowest BCUT2D eigenvalue weighted by atomic mass is 10.1. The number of esters is 2. The molecule has 0 aliphatic carbocycles. The third-order valence-electron chi connectivity index (χ3n) is 2.16. The number of hydrogen-bond donors (Lipinski definition) is 0. The summed E-state index contributed by atoms with van der Waals surface area (Å²) in [6.45, 7) is 0. The first kappa shape index (κ1) is 10.9. The van der Waals surface area contributed by atoms with E-state index in [1.54, 1.807) is 24.3 Å². The van der Waals surface area contributed by atoms with Gasteiger partial charge in [0.25, 0.3) is 0 Å². The average molecular weight is 283 g/mol. The van der Waals surface area contributed by atoms with Crippen LogP contribution in [-0.2, 0) is 14.3 Å². The van der Waals surface area contributed by atoms with E-state index >= 15 is 0 Å². The van der Waals surface area contributed by atoms with E-state index < -0.39 is 11.9 Å². The predicted octanol–water partition coefficient (Wildman–Crippen LogP) is 1.88. The van der Waals surface area contributed by atoms with Crippen LogP contribution in [0, 0.1) is 0 Å². The van der Waals surface area contributed by atoms with Crippen molar-refractivity contribution in [1.82, 2.24) is 0 Å². The number of ether oxygens (including phenoxy) is 2. The molecule has 0 atom stereocenters. The largest absolute Gasteiger partial charge is 0.496 e. The normalized spacial score (nSPS) is 15.4. The molecule has 0 radical (unpaired) electrons. The average Bonchev–Trinajstić information content (AvgIpc) is 2.53. The fourth-order valence-corrected chi connectivity index (χ4v) is 1.91. The summed E-state index contributed by atoms with van der Waals surface area (Å²) in [6, 6.07) is 6.92. The monoisotopic (exact) mass is 282 g/mol. The quantitative estimate of drug-likeness (QED) is 0.614. The number of carbonyl (C=O) groups is 2. The summed E-state index contributed by atoms with van der Waals surface area (Å²) < 4.78 is 9.73. The Morgan fingerprint density at radius 1 is 1.19 bits per heavy atom. The molecule has 0 spiro atoms. The van der Waals surface area contributed by atoms with Gasteiger partial charge in [0.05, 0.1) is 12.7 Å². The van der Waals surface area contributed by atoms with Crippen LogP contribution < -0.4 is 4.74 Å². The number of benzene rings is 1. The zero-order chi connectivity index (χ0) is 11.7. The van der Waals surface area contributed by atoms with Crippen molar-refractivity contribution in [2.45, 2.75) is 0 Å². The van der Waals surface area contributed by atoms with Crippen LogP contribution in [-0.4, -0.2) is 19.0 Å². The van der Waals surface area contributed by atoms with Crippen molar-refractivity contribution < 1.29 is 19.1 Å². The van der Waals surface area contributed by atoms with E-state index in [4.69, 9.17) is 4.74 Å². The van der Waals surface area contributed by atoms with Crippen molar-refractivity contribution in [2.24, 2.45) is 0 Å². The van der Waals surface area contributed by atoms with E-state index in [0.717, 1.165) is 0 Å². The number of rotatable bonds is 2. The lowest BCUT2D eigenvalue weighted by Gasteiger charge is -2.06. The van der Waals surface area contributed by atoms with Crippen molar-refractivity contribution in [3.05, 3.63) is 34.3 Å². The highest BCUT2D eigenvalue weighted by Gasteiger charge is 2.33. The smallest absolute Gasteiger partial charge is 0.354 e. The first-order valence-corrected chi connectivity index (χ1v) is 5.24. The second kappa shape index (κ2) is 4.09. The molecule has 2 rings (SSSR count). The fraction of sp³-hybridized carbons (Fsp3) is 0.0909. The molecular weight excluding hydrogens is 276 g/mol. The summed E-state index contributed by atoms with van der Waals surface area (Å²) in [5, 5.41) is 0. The van der Waals surface area contributed by atoms with Crippen molar-refractivity contribution in [1.29, 1.82) is 0 Å². The van der Waals surface area contributed by atoms with Crippen LogP contribution in [0.15, 0.2) is 28.7 Å². The zero-order valence-electron chi connectivity index (χ0n) is 8.32. The third kappa shape index (κ3) is 1.63. The lowest BCUT2D eigenvalue weighted by molar-refractivity contribution is -0.149. The number of methoxy groups -OCH3 is 1. The second-order valence-electron chi connectivity index (χ2n) is 3.07. The van der Waals surface area contributed by atoms with Gasteiger partial charge in [0.1, 0.15) is 10.2 Å². The number of carbonyl (C=O) groups excluding carboxylic acids is 2. The summed E-state index contributed by atoms with van der Waals surface area (Å²) in [5.41, 5.74) is 0.732. The van der Waals surface area contributed by atoms with E-state index in [9.17, 15) is 9.59 Å². The number of para-hydroxylation sites is 1. The van der Waals surface area contributed by atoms with Crippen LogP contribution in [0.1, 0.15) is 5.56 Å². The Morgan fingerprint density at radius 3 is 2.44 bits per heavy atom. The predicted molar refractivity (Wildman–Crippen MR) is 59.9 cm³/mol. The van der Waals surface area contributed by atoms with Gasteiger partial charge < -0.3 is 9.47 Å². The Kier molecular flexibility index (Phi) is 2.78. The van der Waals surface area contributed by atoms with E-state index in [1.165, 1.54) is 7.11 Å².